The van der Waals surface area contributed by atoms with Gasteiger partial charge in [0.05, 0.1) is 6.04 Å². The first-order valence-corrected chi connectivity index (χ1v) is 6.55. The lowest BCUT2D eigenvalue weighted by Crippen LogP contribution is -2.31. The molecule has 0 aliphatic heterocycles. The summed E-state index contributed by atoms with van der Waals surface area (Å²) in [4.78, 5) is 0. The highest BCUT2D eigenvalue weighted by Crippen LogP contribution is 2.28. The monoisotopic (exact) mass is 269 g/mol. The highest BCUT2D eigenvalue weighted by atomic mass is 35.5. The third-order valence-electron chi connectivity index (χ3n) is 2.76. The lowest BCUT2D eigenvalue weighted by molar-refractivity contribution is 0.472. The van der Waals surface area contributed by atoms with Crippen molar-refractivity contribution in [1.82, 2.24) is 5.32 Å². The predicted octanol–water partition coefficient (Wildman–Crippen LogP) is 4.45. The Bertz CT molecular complexity index is 409. The normalized spacial score (nSPS) is 14.1. The second-order valence-corrected chi connectivity index (χ2v) is 4.76. The van der Waals surface area contributed by atoms with Gasteiger partial charge in [0.2, 0.25) is 0 Å². The number of terminal acetylenes is 1. The van der Waals surface area contributed by atoms with Gasteiger partial charge in [-0.05, 0) is 30.5 Å². The van der Waals surface area contributed by atoms with Crippen LogP contribution in [0.25, 0.3) is 0 Å². The van der Waals surface area contributed by atoms with E-state index in [1.807, 2.05) is 12.1 Å². The van der Waals surface area contributed by atoms with E-state index in [0.717, 1.165) is 18.4 Å². The Labute approximate surface area is 114 Å². The number of benzene rings is 1. The molecule has 0 spiro atoms. The largest absolute Gasteiger partial charge is 0.297 e. The fraction of sp³-hybridized carbons (Fsp3) is 0.429. The van der Waals surface area contributed by atoms with Crippen molar-refractivity contribution in [3.05, 3.63) is 33.8 Å². The maximum absolute atomic E-state index is 6.20. The van der Waals surface area contributed by atoms with Crippen LogP contribution in [0.1, 0.15) is 38.3 Å². The van der Waals surface area contributed by atoms with E-state index in [-0.39, 0.29) is 12.1 Å². The molecular weight excluding hydrogens is 253 g/mol. The van der Waals surface area contributed by atoms with Gasteiger partial charge in [-0.3, -0.25) is 5.32 Å². The second kappa shape index (κ2) is 6.91. The number of hydrogen-bond acceptors (Lipinski definition) is 1. The van der Waals surface area contributed by atoms with E-state index >= 15 is 0 Å². The number of nitrogens with one attached hydrogen (secondary N) is 1. The number of halogens is 2. The minimum Gasteiger partial charge on any atom is -0.297 e. The molecule has 0 aromatic heterocycles. The molecule has 0 aliphatic carbocycles. The summed E-state index contributed by atoms with van der Waals surface area (Å²) in [5, 5.41) is 4.75. The van der Waals surface area contributed by atoms with Gasteiger partial charge in [0.25, 0.3) is 0 Å². The predicted molar refractivity (Wildman–Crippen MR) is 75.5 cm³/mol. The van der Waals surface area contributed by atoms with Crippen LogP contribution in [0.4, 0.5) is 0 Å². The summed E-state index contributed by atoms with van der Waals surface area (Å²) in [7, 11) is 0. The molecule has 0 amide bonds. The molecule has 0 heterocycles. The molecule has 1 aromatic rings. The molecule has 1 N–H and O–H groups in total. The summed E-state index contributed by atoms with van der Waals surface area (Å²) in [6, 6.07) is 5.81. The van der Waals surface area contributed by atoms with Crippen LogP contribution in [-0.4, -0.2) is 6.04 Å². The lowest BCUT2D eigenvalue weighted by atomic mass is 10.0. The highest BCUT2D eigenvalue weighted by Gasteiger charge is 2.15. The van der Waals surface area contributed by atoms with Crippen molar-refractivity contribution in [3.8, 4) is 12.3 Å². The van der Waals surface area contributed by atoms with Crippen molar-refractivity contribution in [2.45, 2.75) is 38.8 Å². The molecule has 2 unspecified atom stereocenters. The SMILES string of the molecule is C#CC(CC)NC(CC)c1ccc(Cl)cc1Cl. The molecule has 0 fully saturated rings. The third kappa shape index (κ3) is 3.92. The maximum Gasteiger partial charge on any atom is 0.0689 e. The summed E-state index contributed by atoms with van der Waals surface area (Å²) in [5.74, 6) is 2.74. The van der Waals surface area contributed by atoms with Gasteiger partial charge in [-0.1, -0.05) is 49.0 Å². The molecule has 1 aromatic carbocycles. The van der Waals surface area contributed by atoms with Gasteiger partial charge in [-0.15, -0.1) is 6.42 Å². The van der Waals surface area contributed by atoms with Crippen LogP contribution in [0, 0.1) is 12.3 Å². The third-order valence-corrected chi connectivity index (χ3v) is 3.32. The Morgan fingerprint density at radius 1 is 1.29 bits per heavy atom. The Morgan fingerprint density at radius 3 is 2.47 bits per heavy atom. The average molecular weight is 270 g/mol. The maximum atomic E-state index is 6.20. The zero-order chi connectivity index (χ0) is 12.8. The van der Waals surface area contributed by atoms with Crippen molar-refractivity contribution < 1.29 is 0 Å². The van der Waals surface area contributed by atoms with Crippen LogP contribution in [0.15, 0.2) is 18.2 Å². The van der Waals surface area contributed by atoms with Crippen LogP contribution >= 0.6 is 23.2 Å². The molecule has 3 heteroatoms. The zero-order valence-electron chi connectivity index (χ0n) is 10.1. The first kappa shape index (κ1) is 14.4. The van der Waals surface area contributed by atoms with Gasteiger partial charge in [0.15, 0.2) is 0 Å². The first-order valence-electron chi connectivity index (χ1n) is 5.79. The summed E-state index contributed by atoms with van der Waals surface area (Å²) in [6.45, 7) is 4.17. The molecule has 0 aliphatic rings. The molecule has 92 valence electrons. The second-order valence-electron chi connectivity index (χ2n) is 3.92. The van der Waals surface area contributed by atoms with Gasteiger partial charge in [0.1, 0.15) is 0 Å². The molecule has 0 saturated heterocycles. The van der Waals surface area contributed by atoms with Gasteiger partial charge in [-0.25, -0.2) is 0 Å². The fourth-order valence-electron chi connectivity index (χ4n) is 1.74. The standard InChI is InChI=1S/C14H17Cl2N/c1-4-11(5-2)17-14(6-3)12-8-7-10(15)9-13(12)16/h1,7-9,11,14,17H,5-6H2,2-3H3. The van der Waals surface area contributed by atoms with E-state index in [9.17, 15) is 0 Å². The van der Waals surface area contributed by atoms with Crippen LogP contribution < -0.4 is 5.32 Å². The van der Waals surface area contributed by atoms with E-state index in [4.69, 9.17) is 29.6 Å². The minimum atomic E-state index is 0.0756. The Balaban J connectivity index is 2.90. The lowest BCUT2D eigenvalue weighted by Gasteiger charge is -2.22. The van der Waals surface area contributed by atoms with E-state index in [0.29, 0.717) is 10.0 Å². The summed E-state index contributed by atoms with van der Waals surface area (Å²) >= 11 is 12.1. The Kier molecular flexibility index (Phi) is 5.85. The number of rotatable bonds is 5. The van der Waals surface area contributed by atoms with E-state index in [2.05, 4.69) is 25.1 Å². The quantitative estimate of drug-likeness (QED) is 0.779. The molecule has 1 nitrogen and oxygen atoms in total. The molecule has 17 heavy (non-hydrogen) atoms. The van der Waals surface area contributed by atoms with Crippen LogP contribution in [-0.2, 0) is 0 Å². The minimum absolute atomic E-state index is 0.0756. The number of hydrogen-bond donors (Lipinski definition) is 1. The summed E-state index contributed by atoms with van der Waals surface area (Å²) < 4.78 is 0. The zero-order valence-corrected chi connectivity index (χ0v) is 11.6. The smallest absolute Gasteiger partial charge is 0.0689 e. The van der Waals surface area contributed by atoms with Crippen LogP contribution in [0.5, 0.6) is 0 Å². The van der Waals surface area contributed by atoms with E-state index < -0.39 is 0 Å². The molecule has 1 rings (SSSR count). The average Bonchev–Trinajstić information content (AvgIpc) is 2.32. The molecule has 0 bridgehead atoms. The fourth-order valence-corrected chi connectivity index (χ4v) is 2.28. The van der Waals surface area contributed by atoms with E-state index in [1.54, 1.807) is 6.07 Å². The van der Waals surface area contributed by atoms with Crippen molar-refractivity contribution >= 4 is 23.2 Å². The molecular formula is C14H17Cl2N. The van der Waals surface area contributed by atoms with Crippen molar-refractivity contribution in [2.24, 2.45) is 0 Å². The highest BCUT2D eigenvalue weighted by molar-refractivity contribution is 6.35. The molecule has 0 saturated carbocycles. The summed E-state index contributed by atoms with van der Waals surface area (Å²) in [6.07, 6.45) is 7.29. The topological polar surface area (TPSA) is 12.0 Å². The van der Waals surface area contributed by atoms with Gasteiger partial charge < -0.3 is 0 Å². The van der Waals surface area contributed by atoms with Crippen LogP contribution in [0.2, 0.25) is 10.0 Å². The summed E-state index contributed by atoms with van der Waals surface area (Å²) in [5.41, 5.74) is 1.05. The first-order chi connectivity index (χ1) is 8.12. The van der Waals surface area contributed by atoms with Gasteiger partial charge >= 0.3 is 0 Å². The van der Waals surface area contributed by atoms with Gasteiger partial charge in [0, 0.05) is 16.1 Å². The molecule has 0 radical (unpaired) electrons. The Morgan fingerprint density at radius 2 is 2.00 bits per heavy atom. The van der Waals surface area contributed by atoms with Crippen molar-refractivity contribution in [3.63, 3.8) is 0 Å². The Hall–Kier alpha value is -0.680. The van der Waals surface area contributed by atoms with Crippen LogP contribution in [0.3, 0.4) is 0 Å². The van der Waals surface area contributed by atoms with Gasteiger partial charge in [-0.2, -0.15) is 0 Å². The molecule has 2 atom stereocenters. The van der Waals surface area contributed by atoms with E-state index in [1.165, 1.54) is 0 Å². The van der Waals surface area contributed by atoms with Crippen molar-refractivity contribution in [2.75, 3.05) is 0 Å². The van der Waals surface area contributed by atoms with Crippen molar-refractivity contribution in [1.29, 1.82) is 0 Å².